The van der Waals surface area contributed by atoms with Crippen molar-refractivity contribution in [3.05, 3.63) is 67.9 Å². The number of aryl methyl sites for hydroxylation is 1. The maximum absolute atomic E-state index is 13.7. The number of nitrogens with one attached hydrogen (secondary N) is 1. The topological polar surface area (TPSA) is 12.0 Å². The fourth-order valence-electron chi connectivity index (χ4n) is 2.45. The van der Waals surface area contributed by atoms with Crippen LogP contribution in [-0.4, -0.2) is 6.54 Å². The molecule has 1 N–H and O–H groups in total. The van der Waals surface area contributed by atoms with Crippen molar-refractivity contribution in [3.8, 4) is 0 Å². The number of rotatable bonds is 5. The SMILES string of the molecule is CCNC(Cc1cccc(F)c1Br)c1cc(Br)ccc1C. The van der Waals surface area contributed by atoms with Gasteiger partial charge < -0.3 is 5.32 Å². The molecule has 0 aliphatic rings. The van der Waals surface area contributed by atoms with Crippen molar-refractivity contribution in [2.24, 2.45) is 0 Å². The molecule has 0 heterocycles. The Kier molecular flexibility index (Phi) is 5.97. The first-order valence-corrected chi connectivity index (χ1v) is 8.53. The number of hydrogen-bond acceptors (Lipinski definition) is 1. The molecule has 0 fully saturated rings. The van der Waals surface area contributed by atoms with Gasteiger partial charge in [-0.2, -0.15) is 0 Å². The van der Waals surface area contributed by atoms with Gasteiger partial charge in [0.15, 0.2) is 0 Å². The molecule has 2 aromatic rings. The lowest BCUT2D eigenvalue weighted by Gasteiger charge is -2.21. The number of hydrogen-bond donors (Lipinski definition) is 1. The van der Waals surface area contributed by atoms with Crippen molar-refractivity contribution in [1.82, 2.24) is 5.32 Å². The van der Waals surface area contributed by atoms with Gasteiger partial charge in [-0.05, 0) is 70.7 Å². The molecular weight excluding hydrogens is 397 g/mol. The van der Waals surface area contributed by atoms with Crippen molar-refractivity contribution < 1.29 is 4.39 Å². The van der Waals surface area contributed by atoms with Gasteiger partial charge in [0.05, 0.1) is 4.47 Å². The number of likely N-dealkylation sites (N-methyl/N-ethyl adjacent to an activating group) is 1. The van der Waals surface area contributed by atoms with Crippen molar-refractivity contribution in [3.63, 3.8) is 0 Å². The largest absolute Gasteiger partial charge is 0.310 e. The minimum Gasteiger partial charge on any atom is -0.310 e. The van der Waals surface area contributed by atoms with Crippen molar-refractivity contribution in [2.45, 2.75) is 26.3 Å². The van der Waals surface area contributed by atoms with E-state index < -0.39 is 0 Å². The smallest absolute Gasteiger partial charge is 0.137 e. The molecule has 0 spiro atoms. The average Bonchev–Trinajstić information content (AvgIpc) is 2.46. The second-order valence-electron chi connectivity index (χ2n) is 5.03. The van der Waals surface area contributed by atoms with Gasteiger partial charge in [0, 0.05) is 10.5 Å². The van der Waals surface area contributed by atoms with Crippen LogP contribution in [0.1, 0.15) is 29.7 Å². The molecule has 112 valence electrons. The van der Waals surface area contributed by atoms with Crippen LogP contribution in [0.4, 0.5) is 4.39 Å². The van der Waals surface area contributed by atoms with Gasteiger partial charge in [-0.15, -0.1) is 0 Å². The first kappa shape index (κ1) is 16.7. The first-order valence-electron chi connectivity index (χ1n) is 6.95. The fourth-order valence-corrected chi connectivity index (χ4v) is 3.26. The van der Waals surface area contributed by atoms with Crippen LogP contribution in [0.3, 0.4) is 0 Å². The standard InChI is InChI=1S/C17H18Br2FN/c1-3-21-16(14-10-13(18)8-7-11(14)2)9-12-5-4-6-15(20)17(12)19/h4-8,10,16,21H,3,9H2,1-2H3. The van der Waals surface area contributed by atoms with E-state index in [1.165, 1.54) is 17.2 Å². The molecule has 1 unspecified atom stereocenters. The quantitative estimate of drug-likeness (QED) is 0.675. The summed E-state index contributed by atoms with van der Waals surface area (Å²) >= 11 is 6.88. The van der Waals surface area contributed by atoms with E-state index in [4.69, 9.17) is 0 Å². The Morgan fingerprint density at radius 2 is 1.95 bits per heavy atom. The van der Waals surface area contributed by atoms with Crippen LogP contribution < -0.4 is 5.32 Å². The summed E-state index contributed by atoms with van der Waals surface area (Å²) in [6.07, 6.45) is 0.740. The van der Waals surface area contributed by atoms with E-state index in [1.54, 1.807) is 6.07 Å². The highest BCUT2D eigenvalue weighted by molar-refractivity contribution is 9.10. The molecule has 0 saturated heterocycles. The van der Waals surface area contributed by atoms with Gasteiger partial charge in [0.2, 0.25) is 0 Å². The lowest BCUT2D eigenvalue weighted by atomic mass is 9.95. The Hall–Kier alpha value is -0.710. The van der Waals surface area contributed by atoms with Crippen molar-refractivity contribution >= 4 is 31.9 Å². The van der Waals surface area contributed by atoms with E-state index >= 15 is 0 Å². The predicted molar refractivity (Wildman–Crippen MR) is 93.1 cm³/mol. The summed E-state index contributed by atoms with van der Waals surface area (Å²) < 4.78 is 15.3. The van der Waals surface area contributed by atoms with Crippen LogP contribution in [0.15, 0.2) is 45.3 Å². The van der Waals surface area contributed by atoms with Crippen LogP contribution in [0.25, 0.3) is 0 Å². The second-order valence-corrected chi connectivity index (χ2v) is 6.74. The van der Waals surface area contributed by atoms with E-state index in [1.807, 2.05) is 12.1 Å². The summed E-state index contributed by atoms with van der Waals surface area (Å²) in [6.45, 7) is 5.05. The molecule has 0 aromatic heterocycles. The van der Waals surface area contributed by atoms with Crippen molar-refractivity contribution in [2.75, 3.05) is 6.54 Å². The maximum Gasteiger partial charge on any atom is 0.137 e. The molecule has 1 atom stereocenters. The number of benzene rings is 2. The number of halogens is 3. The Balaban J connectivity index is 2.35. The predicted octanol–water partition coefficient (Wildman–Crippen LogP) is 5.55. The summed E-state index contributed by atoms with van der Waals surface area (Å²) in [5.74, 6) is -0.214. The molecule has 21 heavy (non-hydrogen) atoms. The zero-order chi connectivity index (χ0) is 15.4. The summed E-state index contributed by atoms with van der Waals surface area (Å²) in [4.78, 5) is 0. The summed E-state index contributed by atoms with van der Waals surface area (Å²) in [5, 5.41) is 3.50. The van der Waals surface area contributed by atoms with Gasteiger partial charge in [0.25, 0.3) is 0 Å². The fraction of sp³-hybridized carbons (Fsp3) is 0.294. The lowest BCUT2D eigenvalue weighted by molar-refractivity contribution is 0.542. The Morgan fingerprint density at radius 3 is 2.67 bits per heavy atom. The van der Waals surface area contributed by atoms with Crippen LogP contribution in [-0.2, 0) is 6.42 Å². The van der Waals surface area contributed by atoms with Crippen LogP contribution >= 0.6 is 31.9 Å². The average molecular weight is 415 g/mol. The first-order chi connectivity index (χ1) is 10.0. The van der Waals surface area contributed by atoms with E-state index in [9.17, 15) is 4.39 Å². The monoisotopic (exact) mass is 413 g/mol. The third-order valence-corrected chi connectivity index (χ3v) is 4.90. The Bertz CT molecular complexity index is 628. The molecule has 0 aliphatic heterocycles. The van der Waals surface area contributed by atoms with E-state index in [2.05, 4.69) is 63.2 Å². The molecule has 0 bridgehead atoms. The van der Waals surface area contributed by atoms with Gasteiger partial charge in [-0.25, -0.2) is 4.39 Å². The maximum atomic E-state index is 13.7. The highest BCUT2D eigenvalue weighted by atomic mass is 79.9. The molecule has 1 nitrogen and oxygen atoms in total. The minimum atomic E-state index is -0.214. The van der Waals surface area contributed by atoms with Crippen LogP contribution in [0.2, 0.25) is 0 Å². The highest BCUT2D eigenvalue weighted by Gasteiger charge is 2.16. The molecule has 0 aliphatic carbocycles. The summed E-state index contributed by atoms with van der Waals surface area (Å²) in [7, 11) is 0. The molecule has 2 rings (SSSR count). The third kappa shape index (κ3) is 4.15. The lowest BCUT2D eigenvalue weighted by Crippen LogP contribution is -2.24. The van der Waals surface area contributed by atoms with E-state index in [0.717, 1.165) is 23.0 Å². The summed E-state index contributed by atoms with van der Waals surface area (Å²) in [6, 6.07) is 11.6. The third-order valence-electron chi connectivity index (χ3n) is 3.52. The molecular formula is C17H18Br2FN. The van der Waals surface area contributed by atoms with Gasteiger partial charge >= 0.3 is 0 Å². The van der Waals surface area contributed by atoms with Crippen molar-refractivity contribution in [1.29, 1.82) is 0 Å². The van der Waals surface area contributed by atoms with Gasteiger partial charge in [-0.3, -0.25) is 0 Å². The second kappa shape index (κ2) is 7.52. The molecule has 0 saturated carbocycles. The summed E-state index contributed by atoms with van der Waals surface area (Å²) in [5.41, 5.74) is 3.44. The Morgan fingerprint density at radius 1 is 1.19 bits per heavy atom. The van der Waals surface area contributed by atoms with Gasteiger partial charge in [-0.1, -0.05) is 41.1 Å². The minimum absolute atomic E-state index is 0.158. The zero-order valence-electron chi connectivity index (χ0n) is 12.1. The van der Waals surface area contributed by atoms with Crippen LogP contribution in [0.5, 0.6) is 0 Å². The zero-order valence-corrected chi connectivity index (χ0v) is 15.3. The van der Waals surface area contributed by atoms with Crippen LogP contribution in [0, 0.1) is 12.7 Å². The van der Waals surface area contributed by atoms with E-state index in [0.29, 0.717) is 4.47 Å². The Labute approximate surface area is 142 Å². The van der Waals surface area contributed by atoms with Gasteiger partial charge in [0.1, 0.15) is 5.82 Å². The van der Waals surface area contributed by atoms with E-state index in [-0.39, 0.29) is 11.9 Å². The molecule has 4 heteroatoms. The highest BCUT2D eigenvalue weighted by Crippen LogP contribution is 2.29. The normalized spacial score (nSPS) is 12.4. The molecule has 0 radical (unpaired) electrons. The molecule has 2 aromatic carbocycles. The molecule has 0 amide bonds.